The van der Waals surface area contributed by atoms with E-state index in [9.17, 15) is 14.4 Å². The van der Waals surface area contributed by atoms with E-state index in [2.05, 4.69) is 5.32 Å². The summed E-state index contributed by atoms with van der Waals surface area (Å²) in [7, 11) is 1.47. The minimum absolute atomic E-state index is 0.262. The molecule has 9 heteroatoms. The molecule has 156 valence electrons. The highest BCUT2D eigenvalue weighted by Gasteiger charge is 2.23. The van der Waals surface area contributed by atoms with Gasteiger partial charge in [0.1, 0.15) is 6.61 Å². The second kappa shape index (κ2) is 9.46. The van der Waals surface area contributed by atoms with Crippen LogP contribution in [-0.4, -0.2) is 44.8 Å². The van der Waals surface area contributed by atoms with Crippen LogP contribution in [0, 0.1) is 0 Å². The van der Waals surface area contributed by atoms with Crippen LogP contribution < -0.4 is 25.4 Å². The lowest BCUT2D eigenvalue weighted by molar-refractivity contribution is -0.120. The van der Waals surface area contributed by atoms with Gasteiger partial charge >= 0.3 is 6.09 Å². The van der Waals surface area contributed by atoms with Crippen molar-refractivity contribution in [1.29, 1.82) is 0 Å². The molecule has 1 aliphatic heterocycles. The number of anilines is 2. The Kier molecular flexibility index (Phi) is 6.53. The van der Waals surface area contributed by atoms with Gasteiger partial charge in [-0.25, -0.2) is 4.79 Å². The fourth-order valence-electron chi connectivity index (χ4n) is 2.79. The zero-order valence-electron chi connectivity index (χ0n) is 16.3. The van der Waals surface area contributed by atoms with Crippen LogP contribution in [0.25, 0.3) is 6.08 Å². The molecule has 0 aromatic heterocycles. The normalized spacial score (nSPS) is 13.2. The molecule has 30 heavy (non-hydrogen) atoms. The molecule has 1 heterocycles. The Hall–Kier alpha value is -4.01. The maximum atomic E-state index is 12.3. The summed E-state index contributed by atoms with van der Waals surface area (Å²) in [5, 5.41) is 2.75. The number of ether oxygens (including phenoxy) is 3. The average molecular weight is 411 g/mol. The highest BCUT2D eigenvalue weighted by molar-refractivity contribution is 6.02. The Balaban J connectivity index is 1.64. The van der Waals surface area contributed by atoms with Crippen molar-refractivity contribution < 1.29 is 28.6 Å². The van der Waals surface area contributed by atoms with Crippen molar-refractivity contribution in [3.8, 4) is 11.5 Å². The number of carbonyl (C=O) groups excluding carboxylic acids is 3. The minimum atomic E-state index is -0.594. The summed E-state index contributed by atoms with van der Waals surface area (Å²) in [6.45, 7) is 0.549. The summed E-state index contributed by atoms with van der Waals surface area (Å²) in [5.74, 6) is -0.160. The lowest BCUT2D eigenvalue weighted by Crippen LogP contribution is -2.23. The zero-order valence-corrected chi connectivity index (χ0v) is 16.3. The minimum Gasteiger partial charge on any atom is -0.493 e. The van der Waals surface area contributed by atoms with Gasteiger partial charge < -0.3 is 25.3 Å². The van der Waals surface area contributed by atoms with E-state index in [4.69, 9.17) is 19.9 Å². The first kappa shape index (κ1) is 20.7. The topological polar surface area (TPSA) is 120 Å². The van der Waals surface area contributed by atoms with Gasteiger partial charge in [0.25, 0.3) is 5.91 Å². The summed E-state index contributed by atoms with van der Waals surface area (Å²) in [4.78, 5) is 36.3. The molecule has 3 N–H and O–H groups in total. The second-order valence-corrected chi connectivity index (χ2v) is 6.30. The predicted molar refractivity (Wildman–Crippen MR) is 110 cm³/mol. The third kappa shape index (κ3) is 5.28. The number of rotatable bonds is 8. The summed E-state index contributed by atoms with van der Waals surface area (Å²) >= 11 is 0. The van der Waals surface area contributed by atoms with Gasteiger partial charge in [-0.05, 0) is 42.0 Å². The molecule has 9 nitrogen and oxygen atoms in total. The van der Waals surface area contributed by atoms with Crippen molar-refractivity contribution >= 4 is 35.4 Å². The molecular formula is C21H21N3O6. The number of amides is 3. The van der Waals surface area contributed by atoms with Crippen LogP contribution >= 0.6 is 0 Å². The molecule has 2 aromatic rings. The first-order chi connectivity index (χ1) is 14.5. The number of methoxy groups -OCH3 is 1. The van der Waals surface area contributed by atoms with Gasteiger partial charge in [0.05, 0.1) is 13.7 Å². The molecule has 0 bridgehead atoms. The molecule has 2 aromatic carbocycles. The Morgan fingerprint density at radius 3 is 2.77 bits per heavy atom. The number of carbonyl (C=O) groups is 3. The number of cyclic esters (lactones) is 1. The molecule has 0 atom stereocenters. The van der Waals surface area contributed by atoms with Crippen molar-refractivity contribution in [2.45, 2.75) is 0 Å². The van der Waals surface area contributed by atoms with E-state index < -0.39 is 12.0 Å². The third-order valence-corrected chi connectivity index (χ3v) is 4.17. The predicted octanol–water partition coefficient (Wildman–Crippen LogP) is 2.17. The first-order valence-electron chi connectivity index (χ1n) is 9.09. The van der Waals surface area contributed by atoms with Crippen LogP contribution in [-0.2, 0) is 14.3 Å². The van der Waals surface area contributed by atoms with Gasteiger partial charge in [-0.3, -0.25) is 14.5 Å². The number of hydrogen-bond acceptors (Lipinski definition) is 6. The van der Waals surface area contributed by atoms with Crippen molar-refractivity contribution in [3.63, 3.8) is 0 Å². The fraction of sp³-hybridized carbons (Fsp3) is 0.190. The van der Waals surface area contributed by atoms with Gasteiger partial charge in [0.15, 0.2) is 18.1 Å². The molecule has 0 spiro atoms. The van der Waals surface area contributed by atoms with E-state index in [1.165, 1.54) is 18.1 Å². The molecule has 1 aliphatic rings. The standard InChI is InChI=1S/C21H21N3O6/c1-28-18-11-14(5-7-17(18)30-13-19(22)25)6-8-20(26)23-15-3-2-4-16(12-15)24-9-10-29-21(24)27/h2-8,11-12H,9-10,13H2,1H3,(H2,22,25)(H,23,26)/b8-6+. The summed E-state index contributed by atoms with van der Waals surface area (Å²) < 4.78 is 15.4. The molecule has 0 saturated carbocycles. The number of nitrogens with two attached hydrogens (primary N) is 1. The lowest BCUT2D eigenvalue weighted by atomic mass is 10.2. The van der Waals surface area contributed by atoms with Crippen molar-refractivity contribution in [1.82, 2.24) is 0 Å². The number of nitrogens with zero attached hydrogens (tertiary/aromatic N) is 1. The van der Waals surface area contributed by atoms with E-state index >= 15 is 0 Å². The molecule has 0 aliphatic carbocycles. The molecule has 1 saturated heterocycles. The zero-order chi connectivity index (χ0) is 21.5. The van der Waals surface area contributed by atoms with Crippen LogP contribution in [0.2, 0.25) is 0 Å². The van der Waals surface area contributed by atoms with Gasteiger partial charge in [0, 0.05) is 17.5 Å². The Morgan fingerprint density at radius 1 is 1.23 bits per heavy atom. The van der Waals surface area contributed by atoms with Gasteiger partial charge in [0.2, 0.25) is 5.91 Å². The number of primary amides is 1. The van der Waals surface area contributed by atoms with Crippen molar-refractivity contribution in [2.24, 2.45) is 5.73 Å². The summed E-state index contributed by atoms with van der Waals surface area (Å²) in [6, 6.07) is 11.9. The number of benzene rings is 2. The van der Waals surface area contributed by atoms with Gasteiger partial charge in [-0.2, -0.15) is 0 Å². The van der Waals surface area contributed by atoms with Crippen LogP contribution in [0.5, 0.6) is 11.5 Å². The number of nitrogens with one attached hydrogen (secondary N) is 1. The SMILES string of the molecule is COc1cc(/C=C/C(=O)Nc2cccc(N3CCOC3=O)c2)ccc1OCC(N)=O. The average Bonchev–Trinajstić information content (AvgIpc) is 3.17. The molecule has 3 rings (SSSR count). The summed E-state index contributed by atoms with van der Waals surface area (Å²) in [6.07, 6.45) is 2.57. The smallest absolute Gasteiger partial charge is 0.414 e. The Labute approximate surface area is 173 Å². The first-order valence-corrected chi connectivity index (χ1v) is 9.09. The Morgan fingerprint density at radius 2 is 2.07 bits per heavy atom. The Bertz CT molecular complexity index is 988. The highest BCUT2D eigenvalue weighted by atomic mass is 16.6. The van der Waals surface area contributed by atoms with Gasteiger partial charge in [-0.1, -0.05) is 12.1 Å². The molecule has 0 radical (unpaired) electrons. The second-order valence-electron chi connectivity index (χ2n) is 6.30. The van der Waals surface area contributed by atoms with Crippen molar-refractivity contribution in [3.05, 3.63) is 54.1 Å². The maximum absolute atomic E-state index is 12.3. The van der Waals surface area contributed by atoms with Crippen LogP contribution in [0.1, 0.15) is 5.56 Å². The largest absolute Gasteiger partial charge is 0.493 e. The van der Waals surface area contributed by atoms with E-state index in [1.54, 1.807) is 48.5 Å². The van der Waals surface area contributed by atoms with Crippen molar-refractivity contribution in [2.75, 3.05) is 37.1 Å². The van der Waals surface area contributed by atoms with Gasteiger partial charge in [-0.15, -0.1) is 0 Å². The third-order valence-electron chi connectivity index (χ3n) is 4.17. The molecule has 1 fully saturated rings. The lowest BCUT2D eigenvalue weighted by Gasteiger charge is -2.13. The van der Waals surface area contributed by atoms with E-state index in [0.29, 0.717) is 41.6 Å². The quantitative estimate of drug-likeness (QED) is 0.643. The van der Waals surface area contributed by atoms with E-state index in [1.807, 2.05) is 0 Å². The van der Waals surface area contributed by atoms with E-state index in [0.717, 1.165) is 0 Å². The molecule has 3 amide bonds. The molecular weight excluding hydrogens is 390 g/mol. The highest BCUT2D eigenvalue weighted by Crippen LogP contribution is 2.28. The molecule has 0 unspecified atom stereocenters. The van der Waals surface area contributed by atoms with Crippen LogP contribution in [0.4, 0.5) is 16.2 Å². The van der Waals surface area contributed by atoms with E-state index in [-0.39, 0.29) is 12.5 Å². The van der Waals surface area contributed by atoms with Crippen LogP contribution in [0.15, 0.2) is 48.5 Å². The summed E-state index contributed by atoms with van der Waals surface area (Å²) in [5.41, 5.74) is 6.97. The fourth-order valence-corrected chi connectivity index (χ4v) is 2.79. The maximum Gasteiger partial charge on any atom is 0.414 e. The number of hydrogen-bond donors (Lipinski definition) is 2. The van der Waals surface area contributed by atoms with Crippen LogP contribution in [0.3, 0.4) is 0 Å². The monoisotopic (exact) mass is 411 g/mol.